The van der Waals surface area contributed by atoms with Crippen LogP contribution in [0.25, 0.3) is 0 Å². The number of benzene rings is 2. The fourth-order valence-corrected chi connectivity index (χ4v) is 2.41. The smallest absolute Gasteiger partial charge is 0.228 e. The molecule has 0 heterocycles. The fourth-order valence-electron chi connectivity index (χ4n) is 2.41. The lowest BCUT2D eigenvalue weighted by molar-refractivity contribution is -0.116. The molecule has 0 aromatic heterocycles. The molecule has 0 aliphatic rings. The number of amides is 2. The van der Waals surface area contributed by atoms with E-state index in [9.17, 15) is 9.59 Å². The number of hydrogen-bond donors (Lipinski definition) is 3. The summed E-state index contributed by atoms with van der Waals surface area (Å²) in [5.41, 5.74) is 8.75. The van der Waals surface area contributed by atoms with Crippen molar-refractivity contribution in [2.45, 2.75) is 26.2 Å². The second kappa shape index (κ2) is 8.84. The maximum atomic E-state index is 12.2. The van der Waals surface area contributed by atoms with E-state index in [1.807, 2.05) is 49.4 Å². The van der Waals surface area contributed by atoms with Crippen LogP contribution in [-0.4, -0.2) is 18.4 Å². The fraction of sp³-hybridized carbons (Fsp3) is 0.263. The van der Waals surface area contributed by atoms with Crippen molar-refractivity contribution >= 4 is 23.2 Å². The predicted molar refractivity (Wildman–Crippen MR) is 96.9 cm³/mol. The molecular weight excluding hydrogens is 302 g/mol. The maximum absolute atomic E-state index is 12.2. The number of rotatable bonds is 7. The second-order valence-electron chi connectivity index (χ2n) is 5.52. The lowest BCUT2D eigenvalue weighted by Gasteiger charge is -2.13. The molecule has 0 radical (unpaired) electrons. The molecule has 2 aromatic rings. The summed E-state index contributed by atoms with van der Waals surface area (Å²) in [6.07, 6.45) is 1.37. The largest absolute Gasteiger partial charge is 0.330 e. The van der Waals surface area contributed by atoms with Gasteiger partial charge in [0.05, 0.1) is 6.42 Å². The minimum absolute atomic E-state index is 0.0929. The zero-order valence-electron chi connectivity index (χ0n) is 13.8. The third kappa shape index (κ3) is 5.21. The molecule has 5 heteroatoms. The highest BCUT2D eigenvalue weighted by Crippen LogP contribution is 2.22. The van der Waals surface area contributed by atoms with Crippen molar-refractivity contribution < 1.29 is 9.59 Å². The Morgan fingerprint density at radius 3 is 2.42 bits per heavy atom. The minimum Gasteiger partial charge on any atom is -0.330 e. The first-order chi connectivity index (χ1) is 11.6. The second-order valence-corrected chi connectivity index (χ2v) is 5.52. The van der Waals surface area contributed by atoms with E-state index in [4.69, 9.17) is 5.73 Å². The number of nitrogens with two attached hydrogens (primary N) is 1. The molecule has 4 N–H and O–H groups in total. The molecule has 2 rings (SSSR count). The summed E-state index contributed by atoms with van der Waals surface area (Å²) in [5.74, 6) is -0.218. The minimum atomic E-state index is -0.125. The summed E-state index contributed by atoms with van der Waals surface area (Å²) in [7, 11) is 0. The van der Waals surface area contributed by atoms with Crippen LogP contribution in [0.2, 0.25) is 0 Å². The number of nitrogens with one attached hydrogen (secondary N) is 2. The Bertz CT molecular complexity index is 699. The molecule has 5 nitrogen and oxygen atoms in total. The third-order valence-corrected chi connectivity index (χ3v) is 3.63. The third-order valence-electron chi connectivity index (χ3n) is 3.63. The van der Waals surface area contributed by atoms with Crippen LogP contribution in [0, 0.1) is 0 Å². The van der Waals surface area contributed by atoms with Crippen LogP contribution in [0.5, 0.6) is 0 Å². The van der Waals surface area contributed by atoms with Crippen LogP contribution in [0.4, 0.5) is 11.4 Å². The van der Waals surface area contributed by atoms with E-state index in [0.717, 1.165) is 17.5 Å². The van der Waals surface area contributed by atoms with E-state index in [-0.39, 0.29) is 18.2 Å². The molecule has 0 spiro atoms. The molecule has 0 aliphatic heterocycles. The van der Waals surface area contributed by atoms with Crippen molar-refractivity contribution in [1.82, 2.24) is 0 Å². The highest BCUT2D eigenvalue weighted by Gasteiger charge is 2.09. The van der Waals surface area contributed by atoms with Crippen LogP contribution in [0.1, 0.15) is 24.5 Å². The van der Waals surface area contributed by atoms with Gasteiger partial charge in [-0.2, -0.15) is 0 Å². The van der Waals surface area contributed by atoms with Gasteiger partial charge >= 0.3 is 0 Å². The van der Waals surface area contributed by atoms with Gasteiger partial charge in [-0.3, -0.25) is 9.59 Å². The molecule has 0 bridgehead atoms. The molecule has 2 aromatic carbocycles. The van der Waals surface area contributed by atoms with Gasteiger partial charge in [0, 0.05) is 24.3 Å². The maximum Gasteiger partial charge on any atom is 0.228 e. The summed E-state index contributed by atoms with van der Waals surface area (Å²) < 4.78 is 0. The molecule has 0 atom stereocenters. The van der Waals surface area contributed by atoms with Gasteiger partial charge in [-0.15, -0.1) is 0 Å². The highest BCUT2D eigenvalue weighted by molar-refractivity contribution is 5.95. The molecule has 126 valence electrons. The van der Waals surface area contributed by atoms with Gasteiger partial charge in [0.15, 0.2) is 0 Å². The van der Waals surface area contributed by atoms with Gasteiger partial charge in [0.25, 0.3) is 0 Å². The molecular formula is C19H23N3O2. The van der Waals surface area contributed by atoms with Gasteiger partial charge in [-0.25, -0.2) is 0 Å². The first-order valence-electron chi connectivity index (χ1n) is 8.09. The van der Waals surface area contributed by atoms with E-state index in [1.54, 1.807) is 6.07 Å². The Kier molecular flexibility index (Phi) is 6.51. The van der Waals surface area contributed by atoms with Crippen molar-refractivity contribution in [3.63, 3.8) is 0 Å². The Morgan fingerprint density at radius 2 is 1.75 bits per heavy atom. The molecule has 0 unspecified atom stereocenters. The molecule has 0 fully saturated rings. The van der Waals surface area contributed by atoms with Crippen molar-refractivity contribution in [3.05, 3.63) is 59.7 Å². The van der Waals surface area contributed by atoms with Crippen LogP contribution in [0.3, 0.4) is 0 Å². The van der Waals surface area contributed by atoms with Crippen molar-refractivity contribution in [2.75, 3.05) is 17.2 Å². The Balaban J connectivity index is 2.07. The van der Waals surface area contributed by atoms with E-state index in [1.165, 1.54) is 0 Å². The van der Waals surface area contributed by atoms with E-state index < -0.39 is 0 Å². The number of carbonyl (C=O) groups excluding carboxylic acids is 2. The molecule has 0 saturated heterocycles. The van der Waals surface area contributed by atoms with Gasteiger partial charge in [0.1, 0.15) is 0 Å². The van der Waals surface area contributed by atoms with Crippen LogP contribution in [-0.2, 0) is 22.4 Å². The van der Waals surface area contributed by atoms with Crippen LogP contribution >= 0.6 is 0 Å². The van der Waals surface area contributed by atoms with Crippen molar-refractivity contribution in [3.8, 4) is 0 Å². The van der Waals surface area contributed by atoms with Crippen LogP contribution < -0.4 is 16.4 Å². The van der Waals surface area contributed by atoms with Gasteiger partial charge in [-0.1, -0.05) is 43.3 Å². The first kappa shape index (κ1) is 17.7. The topological polar surface area (TPSA) is 84.2 Å². The zero-order valence-corrected chi connectivity index (χ0v) is 13.8. The Labute approximate surface area is 142 Å². The summed E-state index contributed by atoms with van der Waals surface area (Å²) in [6.45, 7) is 2.32. The molecule has 0 aliphatic carbocycles. The molecule has 0 saturated carbocycles. The number of carbonyl (C=O) groups is 2. The quantitative estimate of drug-likeness (QED) is 0.732. The Morgan fingerprint density at radius 1 is 1.00 bits per heavy atom. The predicted octanol–water partition coefficient (Wildman–Crippen LogP) is 2.72. The van der Waals surface area contributed by atoms with E-state index >= 15 is 0 Å². The van der Waals surface area contributed by atoms with Crippen LogP contribution in [0.15, 0.2) is 48.5 Å². The van der Waals surface area contributed by atoms with Gasteiger partial charge in [-0.05, 0) is 29.7 Å². The summed E-state index contributed by atoms with van der Waals surface area (Å²) in [6, 6.07) is 15.1. The monoisotopic (exact) mass is 325 g/mol. The molecule has 24 heavy (non-hydrogen) atoms. The standard InChI is InChI=1S/C19H23N3O2/c1-2-15-8-9-16(13-17(15)22-18(23)10-11-20)21-19(24)12-14-6-4-3-5-7-14/h3-9,13H,2,10-12,20H2,1H3,(H,21,24)(H,22,23). The van der Waals surface area contributed by atoms with Crippen molar-refractivity contribution in [2.24, 2.45) is 5.73 Å². The zero-order chi connectivity index (χ0) is 17.4. The Hall–Kier alpha value is -2.66. The van der Waals surface area contributed by atoms with Gasteiger partial charge in [0.2, 0.25) is 11.8 Å². The number of aryl methyl sites for hydroxylation is 1. The molecule has 2 amide bonds. The highest BCUT2D eigenvalue weighted by atomic mass is 16.2. The first-order valence-corrected chi connectivity index (χ1v) is 8.09. The lowest BCUT2D eigenvalue weighted by atomic mass is 10.1. The van der Waals surface area contributed by atoms with Crippen molar-refractivity contribution in [1.29, 1.82) is 0 Å². The number of hydrogen-bond acceptors (Lipinski definition) is 3. The lowest BCUT2D eigenvalue weighted by Crippen LogP contribution is -2.18. The number of anilines is 2. The average Bonchev–Trinajstić information content (AvgIpc) is 2.56. The SMILES string of the molecule is CCc1ccc(NC(=O)Cc2ccccc2)cc1NC(=O)CCN. The average molecular weight is 325 g/mol. The van der Waals surface area contributed by atoms with Gasteiger partial charge < -0.3 is 16.4 Å². The van der Waals surface area contributed by atoms with E-state index in [0.29, 0.717) is 24.3 Å². The normalized spacial score (nSPS) is 10.2. The summed E-state index contributed by atoms with van der Waals surface area (Å²) in [4.78, 5) is 23.9. The summed E-state index contributed by atoms with van der Waals surface area (Å²) >= 11 is 0. The summed E-state index contributed by atoms with van der Waals surface area (Å²) in [5, 5.41) is 5.73. The van der Waals surface area contributed by atoms with E-state index in [2.05, 4.69) is 10.6 Å².